The highest BCUT2D eigenvalue weighted by atomic mass is 33.1. The maximum atomic E-state index is 11.3. The minimum atomic E-state index is -0.622. The summed E-state index contributed by atoms with van der Waals surface area (Å²) in [5.41, 5.74) is 0. The highest BCUT2D eigenvalue weighted by molar-refractivity contribution is 8.76. The lowest BCUT2D eigenvalue weighted by molar-refractivity contribution is -0.141. The van der Waals surface area contributed by atoms with Crippen molar-refractivity contribution in [2.24, 2.45) is 0 Å². The van der Waals surface area contributed by atoms with Gasteiger partial charge in [-0.25, -0.2) is 4.79 Å². The summed E-state index contributed by atoms with van der Waals surface area (Å²) in [6.07, 6.45) is 1.39. The molecule has 0 saturated carbocycles. The van der Waals surface area contributed by atoms with Crippen LogP contribution in [0.5, 0.6) is 0 Å². The van der Waals surface area contributed by atoms with Crippen molar-refractivity contribution in [3.8, 4) is 0 Å². The van der Waals surface area contributed by atoms with Crippen molar-refractivity contribution in [3.63, 3.8) is 0 Å². The van der Waals surface area contributed by atoms with Crippen LogP contribution in [0.1, 0.15) is 12.8 Å². The number of alkyl carbamates (subject to hydrolysis) is 1. The minimum Gasteiger partial charge on any atom is -0.469 e. The number of methoxy groups -OCH3 is 1. The van der Waals surface area contributed by atoms with E-state index in [0.29, 0.717) is 12.4 Å². The standard InChI is InChI=1S/C10H17NO5S2/c1-15-9(13)4-3-8(12)7-11-10(14)16-5-6-18-17-2/h3-7H2,1-2H3,(H,11,14). The molecule has 6 nitrogen and oxygen atoms in total. The number of hydrogen-bond donors (Lipinski definition) is 1. The van der Waals surface area contributed by atoms with Crippen LogP contribution in [0.25, 0.3) is 0 Å². The zero-order valence-corrected chi connectivity index (χ0v) is 12.0. The summed E-state index contributed by atoms with van der Waals surface area (Å²) in [7, 11) is 4.43. The van der Waals surface area contributed by atoms with E-state index in [4.69, 9.17) is 4.74 Å². The van der Waals surface area contributed by atoms with Crippen LogP contribution in [0.15, 0.2) is 0 Å². The van der Waals surface area contributed by atoms with Crippen molar-refractivity contribution in [2.75, 3.05) is 32.3 Å². The molecule has 0 rings (SSSR count). The van der Waals surface area contributed by atoms with E-state index in [0.717, 1.165) is 0 Å². The van der Waals surface area contributed by atoms with Crippen molar-refractivity contribution >= 4 is 39.4 Å². The molecule has 18 heavy (non-hydrogen) atoms. The molecule has 0 aromatic carbocycles. The van der Waals surface area contributed by atoms with Gasteiger partial charge in [-0.2, -0.15) is 0 Å². The summed E-state index contributed by atoms with van der Waals surface area (Å²) in [6, 6.07) is 0. The molecule has 0 aliphatic rings. The van der Waals surface area contributed by atoms with Gasteiger partial charge < -0.3 is 14.8 Å². The minimum absolute atomic E-state index is 0.0242. The van der Waals surface area contributed by atoms with Gasteiger partial charge in [0.05, 0.1) is 20.1 Å². The second-order valence-corrected chi connectivity index (χ2v) is 5.78. The average molecular weight is 295 g/mol. The molecule has 0 unspecified atom stereocenters. The zero-order valence-electron chi connectivity index (χ0n) is 10.4. The highest BCUT2D eigenvalue weighted by Gasteiger charge is 2.09. The Balaban J connectivity index is 3.53. The lowest BCUT2D eigenvalue weighted by Crippen LogP contribution is -2.30. The van der Waals surface area contributed by atoms with E-state index in [9.17, 15) is 14.4 Å². The molecule has 1 amide bonds. The Morgan fingerprint density at radius 2 is 1.94 bits per heavy atom. The van der Waals surface area contributed by atoms with Gasteiger partial charge >= 0.3 is 12.1 Å². The number of carbonyl (C=O) groups excluding carboxylic acids is 3. The second kappa shape index (κ2) is 11.2. The predicted molar refractivity (Wildman–Crippen MR) is 71.6 cm³/mol. The normalized spacial score (nSPS) is 9.67. The molecule has 0 aromatic rings. The van der Waals surface area contributed by atoms with E-state index in [1.807, 2.05) is 6.26 Å². The fraction of sp³-hybridized carbons (Fsp3) is 0.700. The summed E-state index contributed by atoms with van der Waals surface area (Å²) in [4.78, 5) is 33.1. The van der Waals surface area contributed by atoms with Crippen molar-refractivity contribution in [3.05, 3.63) is 0 Å². The third-order valence-corrected chi connectivity index (χ3v) is 3.56. The fourth-order valence-corrected chi connectivity index (χ4v) is 1.93. The van der Waals surface area contributed by atoms with Gasteiger partial charge in [-0.3, -0.25) is 9.59 Å². The topological polar surface area (TPSA) is 81.7 Å². The number of esters is 1. The zero-order chi connectivity index (χ0) is 13.8. The van der Waals surface area contributed by atoms with E-state index in [-0.39, 0.29) is 25.2 Å². The molecule has 0 spiro atoms. The SMILES string of the molecule is COC(=O)CCC(=O)CNC(=O)OCCSSC. The monoisotopic (exact) mass is 295 g/mol. The van der Waals surface area contributed by atoms with Crippen molar-refractivity contribution in [1.82, 2.24) is 5.32 Å². The van der Waals surface area contributed by atoms with Crippen LogP contribution in [0.4, 0.5) is 4.79 Å². The third-order valence-electron chi connectivity index (χ3n) is 1.78. The van der Waals surface area contributed by atoms with Crippen molar-refractivity contribution in [1.29, 1.82) is 0 Å². The quantitative estimate of drug-likeness (QED) is 0.389. The van der Waals surface area contributed by atoms with E-state index >= 15 is 0 Å². The van der Waals surface area contributed by atoms with Crippen molar-refractivity contribution in [2.45, 2.75) is 12.8 Å². The molecule has 0 atom stereocenters. The van der Waals surface area contributed by atoms with Crippen LogP contribution in [-0.2, 0) is 19.1 Å². The maximum Gasteiger partial charge on any atom is 0.407 e. The lowest BCUT2D eigenvalue weighted by Gasteiger charge is -2.05. The van der Waals surface area contributed by atoms with Gasteiger partial charge in [0.25, 0.3) is 0 Å². The lowest BCUT2D eigenvalue weighted by atomic mass is 10.2. The fourth-order valence-electron chi connectivity index (χ4n) is 0.905. The number of Topliss-reactive ketones (excluding diaryl/α,β-unsaturated/α-hetero) is 1. The van der Waals surface area contributed by atoms with Crippen LogP contribution in [-0.4, -0.2) is 50.1 Å². The largest absolute Gasteiger partial charge is 0.469 e. The van der Waals surface area contributed by atoms with Crippen LogP contribution < -0.4 is 5.32 Å². The number of ether oxygens (including phenoxy) is 2. The summed E-state index contributed by atoms with van der Waals surface area (Å²) >= 11 is 0. The van der Waals surface area contributed by atoms with Gasteiger partial charge in [0.2, 0.25) is 0 Å². The molecule has 0 aliphatic carbocycles. The smallest absolute Gasteiger partial charge is 0.407 e. The summed E-state index contributed by atoms with van der Waals surface area (Å²) in [6.45, 7) is 0.166. The molecule has 0 bridgehead atoms. The van der Waals surface area contributed by atoms with Crippen LogP contribution in [0.2, 0.25) is 0 Å². The Kier molecular flexibility index (Phi) is 10.7. The molecule has 0 saturated heterocycles. The Hall–Kier alpha value is -0.890. The average Bonchev–Trinajstić information content (AvgIpc) is 2.38. The Labute approximate surface area is 114 Å². The highest BCUT2D eigenvalue weighted by Crippen LogP contribution is 2.15. The van der Waals surface area contributed by atoms with Gasteiger partial charge in [-0.05, 0) is 6.26 Å². The molecule has 0 aromatic heterocycles. The van der Waals surface area contributed by atoms with E-state index in [1.54, 1.807) is 21.6 Å². The van der Waals surface area contributed by atoms with Crippen LogP contribution in [0.3, 0.4) is 0 Å². The first-order valence-corrected chi connectivity index (χ1v) is 7.97. The number of carbonyl (C=O) groups is 3. The predicted octanol–water partition coefficient (Wildman–Crippen LogP) is 1.25. The maximum absolute atomic E-state index is 11.3. The number of amides is 1. The third kappa shape index (κ3) is 10.3. The Bertz CT molecular complexity index is 285. The van der Waals surface area contributed by atoms with Crippen LogP contribution in [0, 0.1) is 0 Å². The van der Waals surface area contributed by atoms with E-state index in [1.165, 1.54) is 7.11 Å². The molecular weight excluding hydrogens is 278 g/mol. The van der Waals surface area contributed by atoms with Gasteiger partial charge in [0.1, 0.15) is 6.61 Å². The molecule has 0 heterocycles. The number of ketones is 1. The summed E-state index contributed by atoms with van der Waals surface area (Å²) in [5, 5.41) is 2.32. The molecule has 0 aliphatic heterocycles. The van der Waals surface area contributed by atoms with Gasteiger partial charge in [-0.15, -0.1) is 0 Å². The van der Waals surface area contributed by atoms with E-state index < -0.39 is 12.1 Å². The number of nitrogens with one attached hydrogen (secondary N) is 1. The van der Waals surface area contributed by atoms with Gasteiger partial charge in [0, 0.05) is 12.2 Å². The molecule has 1 N–H and O–H groups in total. The number of rotatable bonds is 9. The Morgan fingerprint density at radius 1 is 1.22 bits per heavy atom. The molecule has 0 fully saturated rings. The number of hydrogen-bond acceptors (Lipinski definition) is 7. The van der Waals surface area contributed by atoms with Gasteiger partial charge in [0.15, 0.2) is 5.78 Å². The van der Waals surface area contributed by atoms with Crippen LogP contribution >= 0.6 is 21.6 Å². The Morgan fingerprint density at radius 3 is 2.56 bits per heavy atom. The summed E-state index contributed by atoms with van der Waals surface area (Å²) < 4.78 is 9.21. The molecule has 104 valence electrons. The first kappa shape index (κ1) is 17.1. The van der Waals surface area contributed by atoms with E-state index in [2.05, 4.69) is 10.1 Å². The first-order chi connectivity index (χ1) is 8.60. The second-order valence-electron chi connectivity index (χ2n) is 3.09. The molecule has 0 radical (unpaired) electrons. The van der Waals surface area contributed by atoms with Gasteiger partial charge in [-0.1, -0.05) is 21.6 Å². The van der Waals surface area contributed by atoms with Crippen molar-refractivity contribution < 1.29 is 23.9 Å². The first-order valence-electron chi connectivity index (χ1n) is 5.25. The summed E-state index contributed by atoms with van der Waals surface area (Å²) in [5.74, 6) is 0.0149. The molecular formula is C10H17NO5S2. The molecule has 8 heteroatoms.